The standard InChI is InChI=1S/C17H20FNO2/c1-4-21-15-8-6-5-7-13(15)17(19-2)12-9-10-16(20-3)14(18)11-12/h5-11,17,19H,4H2,1-3H3. The zero-order chi connectivity index (χ0) is 15.2. The number of hydrogen-bond donors (Lipinski definition) is 1. The van der Waals surface area contributed by atoms with Crippen molar-refractivity contribution in [1.82, 2.24) is 5.32 Å². The van der Waals surface area contributed by atoms with Crippen LogP contribution in [0.2, 0.25) is 0 Å². The number of benzene rings is 2. The van der Waals surface area contributed by atoms with Crippen LogP contribution in [0.25, 0.3) is 0 Å². The van der Waals surface area contributed by atoms with Gasteiger partial charge in [0, 0.05) is 5.56 Å². The molecule has 0 amide bonds. The van der Waals surface area contributed by atoms with Crippen LogP contribution in [0, 0.1) is 5.82 Å². The van der Waals surface area contributed by atoms with Crippen molar-refractivity contribution in [3.63, 3.8) is 0 Å². The van der Waals surface area contributed by atoms with E-state index in [1.165, 1.54) is 13.2 Å². The van der Waals surface area contributed by atoms with Crippen LogP contribution in [-0.4, -0.2) is 20.8 Å². The molecule has 112 valence electrons. The molecule has 0 saturated carbocycles. The second-order valence-electron chi connectivity index (χ2n) is 4.59. The predicted octanol–water partition coefficient (Wildman–Crippen LogP) is 3.54. The second kappa shape index (κ2) is 7.09. The van der Waals surface area contributed by atoms with Crippen LogP contribution in [0.1, 0.15) is 24.1 Å². The molecule has 1 N–H and O–H groups in total. The van der Waals surface area contributed by atoms with Gasteiger partial charge in [-0.1, -0.05) is 24.3 Å². The Hall–Kier alpha value is -2.07. The largest absolute Gasteiger partial charge is 0.494 e. The Kier molecular flexibility index (Phi) is 5.17. The smallest absolute Gasteiger partial charge is 0.165 e. The summed E-state index contributed by atoms with van der Waals surface area (Å²) < 4.78 is 24.5. The number of nitrogens with one attached hydrogen (secondary N) is 1. The molecule has 2 rings (SSSR count). The first kappa shape index (κ1) is 15.3. The maximum atomic E-state index is 13.9. The van der Waals surface area contributed by atoms with E-state index in [4.69, 9.17) is 9.47 Å². The summed E-state index contributed by atoms with van der Waals surface area (Å²) in [6, 6.07) is 12.6. The summed E-state index contributed by atoms with van der Waals surface area (Å²) in [6.45, 7) is 2.53. The van der Waals surface area contributed by atoms with Gasteiger partial charge in [-0.15, -0.1) is 0 Å². The van der Waals surface area contributed by atoms with E-state index in [1.54, 1.807) is 6.07 Å². The highest BCUT2D eigenvalue weighted by Gasteiger charge is 2.18. The van der Waals surface area contributed by atoms with Crippen LogP contribution < -0.4 is 14.8 Å². The average molecular weight is 289 g/mol. The van der Waals surface area contributed by atoms with E-state index in [-0.39, 0.29) is 17.6 Å². The lowest BCUT2D eigenvalue weighted by atomic mass is 9.97. The molecule has 21 heavy (non-hydrogen) atoms. The van der Waals surface area contributed by atoms with Gasteiger partial charge in [-0.3, -0.25) is 0 Å². The van der Waals surface area contributed by atoms with E-state index < -0.39 is 0 Å². The quantitative estimate of drug-likeness (QED) is 0.882. The summed E-state index contributed by atoms with van der Waals surface area (Å²) in [5.74, 6) is 0.673. The highest BCUT2D eigenvalue weighted by molar-refractivity contribution is 5.43. The summed E-state index contributed by atoms with van der Waals surface area (Å²) >= 11 is 0. The fraction of sp³-hybridized carbons (Fsp3) is 0.294. The van der Waals surface area contributed by atoms with Crippen molar-refractivity contribution in [2.24, 2.45) is 0 Å². The van der Waals surface area contributed by atoms with Gasteiger partial charge < -0.3 is 14.8 Å². The molecular formula is C17H20FNO2. The minimum absolute atomic E-state index is 0.145. The Morgan fingerprint density at radius 2 is 1.90 bits per heavy atom. The maximum Gasteiger partial charge on any atom is 0.165 e. The lowest BCUT2D eigenvalue weighted by Crippen LogP contribution is -2.19. The summed E-state index contributed by atoms with van der Waals surface area (Å²) in [5, 5.41) is 3.21. The number of methoxy groups -OCH3 is 1. The van der Waals surface area contributed by atoms with Crippen molar-refractivity contribution in [2.75, 3.05) is 20.8 Å². The monoisotopic (exact) mass is 289 g/mol. The zero-order valence-electron chi connectivity index (χ0n) is 12.5. The lowest BCUT2D eigenvalue weighted by molar-refractivity contribution is 0.334. The van der Waals surface area contributed by atoms with Crippen molar-refractivity contribution in [3.8, 4) is 11.5 Å². The molecule has 2 aromatic rings. The number of para-hydroxylation sites is 1. The van der Waals surface area contributed by atoms with Gasteiger partial charge in [0.05, 0.1) is 19.8 Å². The van der Waals surface area contributed by atoms with Gasteiger partial charge in [0.1, 0.15) is 5.75 Å². The van der Waals surface area contributed by atoms with Gasteiger partial charge in [-0.05, 0) is 37.7 Å². The molecule has 4 heteroatoms. The third-order valence-electron chi connectivity index (χ3n) is 3.33. The Balaban J connectivity index is 2.42. The summed E-state index contributed by atoms with van der Waals surface area (Å²) in [7, 11) is 3.30. The van der Waals surface area contributed by atoms with Gasteiger partial charge >= 0.3 is 0 Å². The predicted molar refractivity (Wildman–Crippen MR) is 81.5 cm³/mol. The third-order valence-corrected chi connectivity index (χ3v) is 3.33. The SMILES string of the molecule is CCOc1ccccc1C(NC)c1ccc(OC)c(F)c1. The maximum absolute atomic E-state index is 13.9. The van der Waals surface area contributed by atoms with Crippen molar-refractivity contribution in [1.29, 1.82) is 0 Å². The van der Waals surface area contributed by atoms with Gasteiger partial charge in [0.2, 0.25) is 0 Å². The molecule has 0 aromatic heterocycles. The van der Waals surface area contributed by atoms with Crippen LogP contribution in [0.15, 0.2) is 42.5 Å². The minimum Gasteiger partial charge on any atom is -0.494 e. The molecule has 2 aromatic carbocycles. The summed E-state index contributed by atoms with van der Waals surface area (Å²) in [4.78, 5) is 0. The average Bonchev–Trinajstić information content (AvgIpc) is 2.50. The number of ether oxygens (including phenoxy) is 2. The van der Waals surface area contributed by atoms with Crippen molar-refractivity contribution < 1.29 is 13.9 Å². The zero-order valence-corrected chi connectivity index (χ0v) is 12.5. The summed E-state index contributed by atoms with van der Waals surface area (Å²) in [6.07, 6.45) is 0. The molecule has 3 nitrogen and oxygen atoms in total. The van der Waals surface area contributed by atoms with E-state index in [9.17, 15) is 4.39 Å². The normalized spacial score (nSPS) is 12.0. The second-order valence-corrected chi connectivity index (χ2v) is 4.59. The van der Waals surface area contributed by atoms with E-state index in [1.807, 2.05) is 44.3 Å². The molecular weight excluding hydrogens is 269 g/mol. The summed E-state index contributed by atoms with van der Waals surface area (Å²) in [5.41, 5.74) is 1.80. The molecule has 0 aliphatic rings. The third kappa shape index (κ3) is 3.34. The van der Waals surface area contributed by atoms with Gasteiger partial charge in [-0.2, -0.15) is 0 Å². The van der Waals surface area contributed by atoms with Gasteiger partial charge in [-0.25, -0.2) is 4.39 Å². The molecule has 0 fully saturated rings. The fourth-order valence-electron chi connectivity index (χ4n) is 2.37. The molecule has 1 unspecified atom stereocenters. The van der Waals surface area contributed by atoms with Crippen LogP contribution in [0.5, 0.6) is 11.5 Å². The molecule has 0 radical (unpaired) electrons. The number of rotatable bonds is 6. The Morgan fingerprint density at radius 3 is 2.52 bits per heavy atom. The highest BCUT2D eigenvalue weighted by Crippen LogP contribution is 2.31. The van der Waals surface area contributed by atoms with E-state index in [2.05, 4.69) is 5.32 Å². The molecule has 0 bridgehead atoms. The van der Waals surface area contributed by atoms with E-state index in [0.717, 1.165) is 16.9 Å². The first-order valence-electron chi connectivity index (χ1n) is 6.93. The highest BCUT2D eigenvalue weighted by atomic mass is 19.1. The molecule has 0 saturated heterocycles. The molecule has 1 atom stereocenters. The molecule has 0 aliphatic heterocycles. The van der Waals surface area contributed by atoms with E-state index in [0.29, 0.717) is 6.61 Å². The van der Waals surface area contributed by atoms with Crippen LogP contribution >= 0.6 is 0 Å². The van der Waals surface area contributed by atoms with Crippen molar-refractivity contribution in [3.05, 3.63) is 59.4 Å². The number of halogens is 1. The van der Waals surface area contributed by atoms with Crippen LogP contribution in [-0.2, 0) is 0 Å². The first-order chi connectivity index (χ1) is 10.2. The van der Waals surface area contributed by atoms with Gasteiger partial charge in [0.15, 0.2) is 11.6 Å². The van der Waals surface area contributed by atoms with Crippen molar-refractivity contribution in [2.45, 2.75) is 13.0 Å². The minimum atomic E-state index is -0.371. The first-order valence-corrected chi connectivity index (χ1v) is 6.93. The fourth-order valence-corrected chi connectivity index (χ4v) is 2.37. The van der Waals surface area contributed by atoms with Crippen LogP contribution in [0.3, 0.4) is 0 Å². The molecule has 0 aliphatic carbocycles. The topological polar surface area (TPSA) is 30.5 Å². The van der Waals surface area contributed by atoms with Crippen molar-refractivity contribution >= 4 is 0 Å². The Morgan fingerprint density at radius 1 is 1.14 bits per heavy atom. The van der Waals surface area contributed by atoms with Crippen LogP contribution in [0.4, 0.5) is 4.39 Å². The van der Waals surface area contributed by atoms with E-state index >= 15 is 0 Å². The molecule has 0 spiro atoms. The molecule has 0 heterocycles. The van der Waals surface area contributed by atoms with Gasteiger partial charge in [0.25, 0.3) is 0 Å². The Bertz CT molecular complexity index is 601. The lowest BCUT2D eigenvalue weighted by Gasteiger charge is -2.20. The Labute approximate surface area is 124 Å². The number of hydrogen-bond acceptors (Lipinski definition) is 3.